The number of hydrogen-bond acceptors (Lipinski definition) is 3. The van der Waals surface area contributed by atoms with Crippen molar-refractivity contribution in [2.75, 3.05) is 13.1 Å². The molecule has 0 spiro atoms. The molecular formula is C19H31N3. The van der Waals surface area contributed by atoms with E-state index in [1.54, 1.807) is 0 Å². The lowest BCUT2D eigenvalue weighted by molar-refractivity contribution is 0.105. The van der Waals surface area contributed by atoms with Crippen molar-refractivity contribution in [3.63, 3.8) is 0 Å². The van der Waals surface area contributed by atoms with E-state index in [-0.39, 0.29) is 0 Å². The fourth-order valence-corrected chi connectivity index (χ4v) is 4.42. The number of rotatable bonds is 4. The molecule has 2 fully saturated rings. The van der Waals surface area contributed by atoms with Crippen LogP contribution in [0.2, 0.25) is 0 Å². The molecule has 1 aromatic heterocycles. The van der Waals surface area contributed by atoms with E-state index in [1.807, 2.05) is 19.3 Å². The molecule has 0 amide bonds. The molecule has 3 rings (SSSR count). The summed E-state index contributed by atoms with van der Waals surface area (Å²) in [5, 5.41) is 0. The summed E-state index contributed by atoms with van der Waals surface area (Å²) in [7, 11) is 0. The van der Waals surface area contributed by atoms with Crippen LogP contribution in [0, 0.1) is 12.8 Å². The van der Waals surface area contributed by atoms with Gasteiger partial charge in [0, 0.05) is 18.4 Å². The maximum atomic E-state index is 4.36. The van der Waals surface area contributed by atoms with Gasteiger partial charge in [0.1, 0.15) is 5.82 Å². The van der Waals surface area contributed by atoms with E-state index >= 15 is 0 Å². The zero-order valence-electron chi connectivity index (χ0n) is 14.3. The van der Waals surface area contributed by atoms with Crippen molar-refractivity contribution in [3.05, 3.63) is 23.8 Å². The third-order valence-electron chi connectivity index (χ3n) is 5.83. The van der Waals surface area contributed by atoms with Gasteiger partial charge in [-0.2, -0.15) is 0 Å². The van der Waals surface area contributed by atoms with E-state index in [2.05, 4.69) is 21.8 Å². The molecule has 0 radical (unpaired) electrons. The van der Waals surface area contributed by atoms with Crippen LogP contribution in [0.1, 0.15) is 75.6 Å². The molecule has 0 bridgehead atoms. The molecule has 22 heavy (non-hydrogen) atoms. The molecule has 2 heterocycles. The van der Waals surface area contributed by atoms with Gasteiger partial charge in [0.25, 0.3) is 0 Å². The Kier molecular flexibility index (Phi) is 5.46. The van der Waals surface area contributed by atoms with Crippen LogP contribution in [-0.2, 0) is 0 Å². The van der Waals surface area contributed by atoms with Crippen LogP contribution in [0.5, 0.6) is 0 Å². The Morgan fingerprint density at radius 1 is 1.00 bits per heavy atom. The van der Waals surface area contributed by atoms with Gasteiger partial charge < -0.3 is 4.90 Å². The normalized spacial score (nSPS) is 27.9. The summed E-state index contributed by atoms with van der Waals surface area (Å²) in [5.41, 5.74) is 1.34. The average Bonchev–Trinajstić information content (AvgIpc) is 2.57. The standard InChI is InChI=1S/C19H31N3/c1-3-4-16-5-7-19(8-6-16)22-11-9-17(10-12-22)18-13-20-15(2)21-14-18/h13-14,16-17,19H,3-12H2,1-2H3/t16-,19+. The second-order valence-corrected chi connectivity index (χ2v) is 7.34. The maximum absolute atomic E-state index is 4.36. The number of nitrogens with zero attached hydrogens (tertiary/aromatic N) is 3. The summed E-state index contributed by atoms with van der Waals surface area (Å²) < 4.78 is 0. The molecule has 1 saturated carbocycles. The second kappa shape index (κ2) is 7.54. The Morgan fingerprint density at radius 2 is 1.64 bits per heavy atom. The van der Waals surface area contributed by atoms with Gasteiger partial charge in [0.2, 0.25) is 0 Å². The van der Waals surface area contributed by atoms with Crippen LogP contribution in [-0.4, -0.2) is 34.0 Å². The molecule has 0 atom stereocenters. The molecule has 1 saturated heterocycles. The van der Waals surface area contributed by atoms with Gasteiger partial charge in [-0.3, -0.25) is 0 Å². The number of aromatic nitrogens is 2. The molecule has 0 N–H and O–H groups in total. The molecule has 1 aliphatic carbocycles. The summed E-state index contributed by atoms with van der Waals surface area (Å²) in [4.78, 5) is 11.5. The Labute approximate surface area is 135 Å². The van der Waals surface area contributed by atoms with Gasteiger partial charge in [-0.1, -0.05) is 19.8 Å². The van der Waals surface area contributed by atoms with Crippen LogP contribution in [0.25, 0.3) is 0 Å². The van der Waals surface area contributed by atoms with E-state index in [0.717, 1.165) is 17.8 Å². The number of piperidine rings is 1. The first kappa shape index (κ1) is 15.9. The first-order valence-electron chi connectivity index (χ1n) is 9.29. The summed E-state index contributed by atoms with van der Waals surface area (Å²) in [6, 6.07) is 0.864. The number of likely N-dealkylation sites (tertiary alicyclic amines) is 1. The van der Waals surface area contributed by atoms with E-state index < -0.39 is 0 Å². The molecule has 122 valence electrons. The Hall–Kier alpha value is -0.960. The van der Waals surface area contributed by atoms with Crippen molar-refractivity contribution in [1.82, 2.24) is 14.9 Å². The van der Waals surface area contributed by atoms with Gasteiger partial charge in [0.15, 0.2) is 0 Å². The highest BCUT2D eigenvalue weighted by molar-refractivity contribution is 5.12. The van der Waals surface area contributed by atoms with Gasteiger partial charge in [-0.15, -0.1) is 0 Å². The second-order valence-electron chi connectivity index (χ2n) is 7.34. The first-order chi connectivity index (χ1) is 10.8. The van der Waals surface area contributed by atoms with Crippen molar-refractivity contribution >= 4 is 0 Å². The lowest BCUT2D eigenvalue weighted by atomic mass is 9.81. The zero-order valence-corrected chi connectivity index (χ0v) is 14.3. The molecule has 2 aliphatic rings. The Bertz CT molecular complexity index is 440. The lowest BCUT2D eigenvalue weighted by Gasteiger charge is -2.41. The maximum Gasteiger partial charge on any atom is 0.125 e. The van der Waals surface area contributed by atoms with Crippen LogP contribution < -0.4 is 0 Å². The molecule has 1 aliphatic heterocycles. The molecule has 0 unspecified atom stereocenters. The van der Waals surface area contributed by atoms with Crippen LogP contribution in [0.4, 0.5) is 0 Å². The summed E-state index contributed by atoms with van der Waals surface area (Å²) in [6.45, 7) is 6.82. The predicted octanol–water partition coefficient (Wildman–Crippen LogP) is 4.32. The van der Waals surface area contributed by atoms with Gasteiger partial charge >= 0.3 is 0 Å². The Balaban J connectivity index is 1.47. The molecule has 1 aromatic rings. The average molecular weight is 301 g/mol. The Morgan fingerprint density at radius 3 is 2.23 bits per heavy atom. The van der Waals surface area contributed by atoms with E-state index in [0.29, 0.717) is 5.92 Å². The van der Waals surface area contributed by atoms with Gasteiger partial charge in [0.05, 0.1) is 0 Å². The summed E-state index contributed by atoms with van der Waals surface area (Å²) in [5.74, 6) is 2.57. The molecular weight excluding hydrogens is 270 g/mol. The van der Waals surface area contributed by atoms with E-state index in [9.17, 15) is 0 Å². The van der Waals surface area contributed by atoms with Crippen LogP contribution in [0.3, 0.4) is 0 Å². The smallest absolute Gasteiger partial charge is 0.125 e. The highest BCUT2D eigenvalue weighted by Crippen LogP contribution is 2.34. The number of aryl methyl sites for hydroxylation is 1. The SMILES string of the molecule is CCC[C@H]1CC[C@@H](N2CCC(c3cnc(C)nc3)CC2)CC1. The fraction of sp³-hybridized carbons (Fsp3) is 0.789. The lowest BCUT2D eigenvalue weighted by Crippen LogP contribution is -2.42. The third-order valence-corrected chi connectivity index (χ3v) is 5.83. The van der Waals surface area contributed by atoms with Crippen molar-refractivity contribution in [2.24, 2.45) is 5.92 Å². The van der Waals surface area contributed by atoms with E-state index in [1.165, 1.54) is 70.0 Å². The topological polar surface area (TPSA) is 29.0 Å². The third kappa shape index (κ3) is 3.87. The summed E-state index contributed by atoms with van der Waals surface area (Å²) >= 11 is 0. The van der Waals surface area contributed by atoms with Crippen LogP contribution in [0.15, 0.2) is 12.4 Å². The molecule has 3 heteroatoms. The minimum Gasteiger partial charge on any atom is -0.300 e. The fourth-order valence-electron chi connectivity index (χ4n) is 4.42. The van der Waals surface area contributed by atoms with E-state index in [4.69, 9.17) is 0 Å². The highest BCUT2D eigenvalue weighted by atomic mass is 15.2. The van der Waals surface area contributed by atoms with Crippen molar-refractivity contribution in [1.29, 1.82) is 0 Å². The molecule has 0 aromatic carbocycles. The van der Waals surface area contributed by atoms with Crippen molar-refractivity contribution < 1.29 is 0 Å². The number of hydrogen-bond donors (Lipinski definition) is 0. The monoisotopic (exact) mass is 301 g/mol. The first-order valence-corrected chi connectivity index (χ1v) is 9.29. The zero-order chi connectivity index (χ0) is 15.4. The van der Waals surface area contributed by atoms with Crippen molar-refractivity contribution in [2.45, 2.75) is 77.2 Å². The minimum absolute atomic E-state index is 0.674. The van der Waals surface area contributed by atoms with Gasteiger partial charge in [-0.25, -0.2) is 9.97 Å². The summed E-state index contributed by atoms with van der Waals surface area (Å²) in [6.07, 6.45) is 15.2. The van der Waals surface area contributed by atoms with Gasteiger partial charge in [-0.05, 0) is 75.9 Å². The molecule has 3 nitrogen and oxygen atoms in total. The predicted molar refractivity (Wildman–Crippen MR) is 91.0 cm³/mol. The minimum atomic E-state index is 0.674. The van der Waals surface area contributed by atoms with Crippen LogP contribution >= 0.6 is 0 Å². The quantitative estimate of drug-likeness (QED) is 0.829. The highest BCUT2D eigenvalue weighted by Gasteiger charge is 2.29. The van der Waals surface area contributed by atoms with Crippen molar-refractivity contribution in [3.8, 4) is 0 Å². The largest absolute Gasteiger partial charge is 0.300 e.